The molecule has 0 spiro atoms. The van der Waals surface area contributed by atoms with Crippen molar-refractivity contribution in [3.63, 3.8) is 0 Å². The van der Waals surface area contributed by atoms with Gasteiger partial charge in [0.05, 0.1) is 6.21 Å². The molecule has 0 aliphatic carbocycles. The zero-order valence-corrected chi connectivity index (χ0v) is 10.7. The quantitative estimate of drug-likeness (QED) is 0.615. The Morgan fingerprint density at radius 3 is 2.82 bits per heavy atom. The SMILES string of the molecule is CCSc1nncn1/N=C/c1ccc(C)cc1. The summed E-state index contributed by atoms with van der Waals surface area (Å²) < 4.78 is 1.69. The average Bonchev–Trinajstić information content (AvgIpc) is 2.77. The highest BCUT2D eigenvalue weighted by Gasteiger charge is 2.00. The fourth-order valence-electron chi connectivity index (χ4n) is 1.30. The van der Waals surface area contributed by atoms with Gasteiger partial charge in [-0.1, -0.05) is 48.5 Å². The molecule has 88 valence electrons. The predicted molar refractivity (Wildman–Crippen MR) is 70.6 cm³/mol. The van der Waals surface area contributed by atoms with Crippen molar-refractivity contribution in [2.24, 2.45) is 5.10 Å². The van der Waals surface area contributed by atoms with Gasteiger partial charge in [0.15, 0.2) is 0 Å². The molecule has 0 fully saturated rings. The zero-order chi connectivity index (χ0) is 12.1. The Hall–Kier alpha value is -1.62. The maximum absolute atomic E-state index is 4.33. The normalized spacial score (nSPS) is 11.2. The van der Waals surface area contributed by atoms with E-state index in [1.807, 2.05) is 18.3 Å². The van der Waals surface area contributed by atoms with Crippen LogP contribution >= 0.6 is 11.8 Å². The van der Waals surface area contributed by atoms with Crippen molar-refractivity contribution in [1.82, 2.24) is 14.9 Å². The molecule has 0 atom stereocenters. The molecule has 0 bridgehead atoms. The van der Waals surface area contributed by atoms with Crippen molar-refractivity contribution in [3.8, 4) is 0 Å². The minimum Gasteiger partial charge on any atom is -0.195 e. The van der Waals surface area contributed by atoms with Gasteiger partial charge in [-0.25, -0.2) is 0 Å². The molecule has 4 nitrogen and oxygen atoms in total. The highest BCUT2D eigenvalue weighted by molar-refractivity contribution is 7.99. The second kappa shape index (κ2) is 5.63. The Labute approximate surface area is 105 Å². The molecule has 17 heavy (non-hydrogen) atoms. The number of aryl methyl sites for hydroxylation is 1. The third-order valence-electron chi connectivity index (χ3n) is 2.18. The van der Waals surface area contributed by atoms with Crippen LogP contribution in [0.4, 0.5) is 0 Å². The van der Waals surface area contributed by atoms with Crippen LogP contribution in [0.3, 0.4) is 0 Å². The Morgan fingerprint density at radius 1 is 1.35 bits per heavy atom. The Kier molecular flexibility index (Phi) is 3.93. The van der Waals surface area contributed by atoms with Gasteiger partial charge in [-0.2, -0.15) is 9.78 Å². The smallest absolute Gasteiger partial charge is 0.195 e. The minimum atomic E-state index is 0.816. The number of rotatable bonds is 4. The van der Waals surface area contributed by atoms with E-state index in [9.17, 15) is 0 Å². The molecule has 2 aromatic rings. The third-order valence-corrected chi connectivity index (χ3v) is 3.00. The van der Waals surface area contributed by atoms with E-state index >= 15 is 0 Å². The second-order valence-electron chi connectivity index (χ2n) is 3.55. The summed E-state index contributed by atoms with van der Waals surface area (Å²) in [5, 5.41) is 13.0. The van der Waals surface area contributed by atoms with Crippen LogP contribution in [-0.4, -0.2) is 26.8 Å². The molecule has 0 N–H and O–H groups in total. The number of thioether (sulfide) groups is 1. The van der Waals surface area contributed by atoms with Gasteiger partial charge in [0.1, 0.15) is 6.33 Å². The largest absolute Gasteiger partial charge is 0.211 e. The van der Waals surface area contributed by atoms with Gasteiger partial charge < -0.3 is 0 Å². The molecule has 0 aliphatic rings. The van der Waals surface area contributed by atoms with Gasteiger partial charge in [0, 0.05) is 0 Å². The summed E-state index contributed by atoms with van der Waals surface area (Å²) in [6, 6.07) is 8.20. The van der Waals surface area contributed by atoms with E-state index in [1.54, 1.807) is 22.8 Å². The van der Waals surface area contributed by atoms with Gasteiger partial charge in [0.2, 0.25) is 5.16 Å². The first kappa shape index (κ1) is 11.9. The standard InChI is InChI=1S/C12H14N4S/c1-3-17-12-15-13-9-16(12)14-8-11-6-4-10(2)5-7-11/h4-9H,3H2,1-2H3/b14-8+. The molecule has 2 rings (SSSR count). The Morgan fingerprint density at radius 2 is 2.12 bits per heavy atom. The number of aromatic nitrogens is 3. The van der Waals surface area contributed by atoms with E-state index in [-0.39, 0.29) is 0 Å². The topological polar surface area (TPSA) is 43.1 Å². The van der Waals surface area contributed by atoms with Crippen LogP contribution in [-0.2, 0) is 0 Å². The molecule has 0 aliphatic heterocycles. The summed E-state index contributed by atoms with van der Waals surface area (Å²) in [5.74, 6) is 0.957. The zero-order valence-electron chi connectivity index (χ0n) is 9.87. The first-order valence-electron chi connectivity index (χ1n) is 5.43. The third kappa shape index (κ3) is 3.17. The Bertz CT molecular complexity index is 501. The Balaban J connectivity index is 2.14. The van der Waals surface area contributed by atoms with E-state index in [0.29, 0.717) is 0 Å². The first-order chi connectivity index (χ1) is 8.29. The van der Waals surface area contributed by atoms with Crippen molar-refractivity contribution in [2.45, 2.75) is 19.0 Å². The molecule has 1 heterocycles. The van der Waals surface area contributed by atoms with Crippen LogP contribution in [0.5, 0.6) is 0 Å². The van der Waals surface area contributed by atoms with E-state index in [0.717, 1.165) is 16.5 Å². The monoisotopic (exact) mass is 246 g/mol. The van der Waals surface area contributed by atoms with Crippen LogP contribution < -0.4 is 0 Å². The number of nitrogens with zero attached hydrogens (tertiary/aromatic N) is 4. The lowest BCUT2D eigenvalue weighted by Gasteiger charge is -1.97. The first-order valence-corrected chi connectivity index (χ1v) is 6.42. The predicted octanol–water partition coefficient (Wildman–Crippen LogP) is 2.58. The molecular weight excluding hydrogens is 232 g/mol. The highest BCUT2D eigenvalue weighted by atomic mass is 32.2. The van der Waals surface area contributed by atoms with Gasteiger partial charge in [-0.05, 0) is 18.2 Å². The average molecular weight is 246 g/mol. The summed E-state index contributed by atoms with van der Waals surface area (Å²) in [4.78, 5) is 0. The van der Waals surface area contributed by atoms with Crippen LogP contribution in [0.15, 0.2) is 40.9 Å². The lowest BCUT2D eigenvalue weighted by Crippen LogP contribution is -1.92. The van der Waals surface area contributed by atoms with E-state index in [1.165, 1.54) is 5.56 Å². The van der Waals surface area contributed by atoms with Crippen LogP contribution in [0.25, 0.3) is 0 Å². The van der Waals surface area contributed by atoms with Crippen molar-refractivity contribution < 1.29 is 0 Å². The van der Waals surface area contributed by atoms with Crippen molar-refractivity contribution >= 4 is 18.0 Å². The fraction of sp³-hybridized carbons (Fsp3) is 0.250. The number of benzene rings is 1. The summed E-state index contributed by atoms with van der Waals surface area (Å²) in [6.45, 7) is 4.14. The van der Waals surface area contributed by atoms with Gasteiger partial charge >= 0.3 is 0 Å². The summed E-state index contributed by atoms with van der Waals surface area (Å²) in [5.41, 5.74) is 2.31. The molecule has 0 saturated heterocycles. The lowest BCUT2D eigenvalue weighted by atomic mass is 10.2. The maximum atomic E-state index is 4.33. The maximum Gasteiger partial charge on any atom is 0.211 e. The second-order valence-corrected chi connectivity index (χ2v) is 4.78. The van der Waals surface area contributed by atoms with Crippen LogP contribution in [0, 0.1) is 6.92 Å². The molecule has 1 aromatic heterocycles. The van der Waals surface area contributed by atoms with Crippen molar-refractivity contribution in [2.75, 3.05) is 5.75 Å². The van der Waals surface area contributed by atoms with Gasteiger partial charge in [-0.15, -0.1) is 10.2 Å². The van der Waals surface area contributed by atoms with Gasteiger partial charge in [-0.3, -0.25) is 0 Å². The highest BCUT2D eigenvalue weighted by Crippen LogP contribution is 2.13. The number of hydrogen-bond donors (Lipinski definition) is 0. The molecule has 1 aromatic carbocycles. The molecule has 0 unspecified atom stereocenters. The lowest BCUT2D eigenvalue weighted by molar-refractivity contribution is 0.767. The van der Waals surface area contributed by atoms with Crippen molar-refractivity contribution in [3.05, 3.63) is 41.7 Å². The van der Waals surface area contributed by atoms with E-state index in [4.69, 9.17) is 0 Å². The fourth-order valence-corrected chi connectivity index (χ4v) is 1.89. The molecule has 0 radical (unpaired) electrons. The van der Waals surface area contributed by atoms with Crippen molar-refractivity contribution in [1.29, 1.82) is 0 Å². The molecular formula is C12H14N4S. The number of hydrogen-bond acceptors (Lipinski definition) is 4. The molecule has 0 saturated carbocycles. The summed E-state index contributed by atoms with van der Waals surface area (Å²) in [7, 11) is 0. The van der Waals surface area contributed by atoms with E-state index < -0.39 is 0 Å². The van der Waals surface area contributed by atoms with E-state index in [2.05, 4.69) is 41.3 Å². The summed E-state index contributed by atoms with van der Waals surface area (Å²) in [6.07, 6.45) is 3.42. The minimum absolute atomic E-state index is 0.816. The summed E-state index contributed by atoms with van der Waals surface area (Å²) >= 11 is 1.62. The molecule has 0 amide bonds. The molecule has 5 heteroatoms. The van der Waals surface area contributed by atoms with Crippen LogP contribution in [0.2, 0.25) is 0 Å². The van der Waals surface area contributed by atoms with Crippen LogP contribution in [0.1, 0.15) is 18.1 Å². The van der Waals surface area contributed by atoms with Gasteiger partial charge in [0.25, 0.3) is 0 Å².